The third-order valence-corrected chi connectivity index (χ3v) is 4.86. The van der Waals surface area contributed by atoms with Gasteiger partial charge in [0, 0.05) is 18.9 Å². The van der Waals surface area contributed by atoms with Crippen LogP contribution in [-0.4, -0.2) is 30.9 Å². The molecule has 0 rings (SSSR count). The van der Waals surface area contributed by atoms with E-state index < -0.39 is 5.92 Å². The lowest BCUT2D eigenvalue weighted by atomic mass is 9.89. The molecule has 27 heavy (non-hydrogen) atoms. The normalized spacial score (nSPS) is 13.0. The number of ether oxygens (including phenoxy) is 1. The molecule has 0 aliphatic heterocycles. The summed E-state index contributed by atoms with van der Waals surface area (Å²) in [7, 11) is 0. The molecule has 0 aliphatic carbocycles. The molecule has 158 valence electrons. The van der Waals surface area contributed by atoms with Crippen molar-refractivity contribution in [2.24, 2.45) is 28.3 Å². The van der Waals surface area contributed by atoms with Crippen molar-refractivity contribution in [3.05, 3.63) is 0 Å². The highest BCUT2D eigenvalue weighted by Crippen LogP contribution is 2.20. The number of esters is 1. The predicted octanol–water partition coefficient (Wildman–Crippen LogP) is 3.96. The molecule has 0 saturated heterocycles. The number of nitrogens with zero attached hydrogens (tertiary/aromatic N) is 1. The second kappa shape index (κ2) is 16.6. The number of guanidine groups is 1. The molecule has 0 amide bonds. The average molecular weight is 384 g/mol. The topological polar surface area (TPSA) is 108 Å². The maximum Gasteiger partial charge on any atom is 0.309 e. The molecule has 0 aromatic heterocycles. The number of nitrogens with two attached hydrogens (primary N) is 2. The van der Waals surface area contributed by atoms with Crippen LogP contribution < -0.4 is 11.5 Å². The molecule has 0 aromatic rings. The highest BCUT2D eigenvalue weighted by atomic mass is 16.5. The Labute approximate surface area is 165 Å². The van der Waals surface area contributed by atoms with Gasteiger partial charge in [0.05, 0.1) is 12.5 Å². The van der Waals surface area contributed by atoms with Gasteiger partial charge in [-0.15, -0.1) is 0 Å². The molecule has 2 atom stereocenters. The van der Waals surface area contributed by atoms with Crippen molar-refractivity contribution in [1.82, 2.24) is 0 Å². The minimum Gasteiger partial charge on any atom is -0.466 e. The van der Waals surface area contributed by atoms with Crippen LogP contribution in [0.25, 0.3) is 0 Å². The van der Waals surface area contributed by atoms with Crippen molar-refractivity contribution in [2.75, 3.05) is 13.2 Å². The zero-order valence-corrected chi connectivity index (χ0v) is 17.7. The van der Waals surface area contributed by atoms with Crippen LogP contribution in [0.4, 0.5) is 0 Å². The molecule has 2 unspecified atom stereocenters. The number of hydrogen-bond acceptors (Lipinski definition) is 4. The van der Waals surface area contributed by atoms with Crippen LogP contribution in [0.1, 0.15) is 91.4 Å². The lowest BCUT2D eigenvalue weighted by molar-refractivity contribution is -0.150. The third-order valence-electron chi connectivity index (χ3n) is 4.86. The van der Waals surface area contributed by atoms with E-state index in [1.54, 1.807) is 6.92 Å². The number of carbonyl (C=O) groups is 2. The van der Waals surface area contributed by atoms with Crippen LogP contribution >= 0.6 is 0 Å². The number of carbonyl (C=O) groups excluding carboxylic acids is 2. The fourth-order valence-electron chi connectivity index (χ4n) is 3.12. The molecule has 0 aromatic carbocycles. The third kappa shape index (κ3) is 14.2. The van der Waals surface area contributed by atoms with Crippen LogP contribution in [0.2, 0.25) is 0 Å². The van der Waals surface area contributed by atoms with Crippen LogP contribution in [0.15, 0.2) is 4.99 Å². The van der Waals surface area contributed by atoms with E-state index in [4.69, 9.17) is 16.2 Å². The van der Waals surface area contributed by atoms with Crippen LogP contribution in [0.5, 0.6) is 0 Å². The Morgan fingerprint density at radius 1 is 0.926 bits per heavy atom. The first-order valence-corrected chi connectivity index (χ1v) is 10.7. The number of hydrogen-bond donors (Lipinski definition) is 2. The first-order valence-electron chi connectivity index (χ1n) is 10.7. The number of unbranched alkanes of at least 4 members (excludes halogenated alkanes) is 6. The molecule has 6 heteroatoms. The van der Waals surface area contributed by atoms with E-state index in [0.29, 0.717) is 26.0 Å². The molecule has 0 bridgehead atoms. The lowest BCUT2D eigenvalue weighted by Crippen LogP contribution is -2.25. The Morgan fingerprint density at radius 2 is 1.56 bits per heavy atom. The summed E-state index contributed by atoms with van der Waals surface area (Å²) >= 11 is 0. The fraction of sp³-hybridized carbons (Fsp3) is 0.857. The first-order chi connectivity index (χ1) is 12.9. The first kappa shape index (κ1) is 25.4. The molecule has 0 heterocycles. The van der Waals surface area contributed by atoms with Gasteiger partial charge in [0.15, 0.2) is 5.96 Å². The summed E-state index contributed by atoms with van der Waals surface area (Å²) in [6, 6.07) is 0. The van der Waals surface area contributed by atoms with Gasteiger partial charge in [0.25, 0.3) is 0 Å². The van der Waals surface area contributed by atoms with E-state index in [2.05, 4.69) is 11.9 Å². The second-order valence-electron chi connectivity index (χ2n) is 7.38. The molecule has 0 fully saturated rings. The molecule has 0 saturated carbocycles. The molecule has 0 spiro atoms. The number of Topliss-reactive ketones (excluding diaryl/α,β-unsaturated/α-hetero) is 1. The number of aliphatic imine (C=N–C) groups is 1. The smallest absolute Gasteiger partial charge is 0.309 e. The van der Waals surface area contributed by atoms with Gasteiger partial charge in [-0.3, -0.25) is 14.6 Å². The van der Waals surface area contributed by atoms with E-state index in [1.807, 2.05) is 6.92 Å². The number of ketones is 1. The van der Waals surface area contributed by atoms with Crippen molar-refractivity contribution in [3.63, 3.8) is 0 Å². The maximum absolute atomic E-state index is 12.5. The molecule has 6 nitrogen and oxygen atoms in total. The van der Waals surface area contributed by atoms with E-state index >= 15 is 0 Å². The summed E-state index contributed by atoms with van der Waals surface area (Å²) in [6.07, 6.45) is 11.0. The molecule has 4 N–H and O–H groups in total. The van der Waals surface area contributed by atoms with Crippen molar-refractivity contribution >= 4 is 17.7 Å². The molecular formula is C21H41N3O3. The van der Waals surface area contributed by atoms with Gasteiger partial charge >= 0.3 is 5.97 Å². The second-order valence-corrected chi connectivity index (χ2v) is 7.38. The van der Waals surface area contributed by atoms with Gasteiger partial charge in [-0.25, -0.2) is 0 Å². The predicted molar refractivity (Wildman–Crippen MR) is 111 cm³/mol. The average Bonchev–Trinajstić information content (AvgIpc) is 2.63. The van der Waals surface area contributed by atoms with E-state index in [-0.39, 0.29) is 30.1 Å². The van der Waals surface area contributed by atoms with E-state index in [9.17, 15) is 9.59 Å². The van der Waals surface area contributed by atoms with Crippen molar-refractivity contribution in [1.29, 1.82) is 0 Å². The van der Waals surface area contributed by atoms with Gasteiger partial charge in [-0.05, 0) is 26.2 Å². The summed E-state index contributed by atoms with van der Waals surface area (Å²) < 4.78 is 5.13. The Hall–Kier alpha value is -1.59. The summed E-state index contributed by atoms with van der Waals surface area (Å²) in [4.78, 5) is 28.6. The quantitative estimate of drug-likeness (QED) is 0.171. The van der Waals surface area contributed by atoms with Crippen LogP contribution in [0.3, 0.4) is 0 Å². The van der Waals surface area contributed by atoms with Crippen LogP contribution in [0, 0.1) is 11.8 Å². The Morgan fingerprint density at radius 3 is 2.15 bits per heavy atom. The van der Waals surface area contributed by atoms with Crippen molar-refractivity contribution in [3.8, 4) is 0 Å². The van der Waals surface area contributed by atoms with Gasteiger partial charge in [0.1, 0.15) is 5.78 Å². The summed E-state index contributed by atoms with van der Waals surface area (Å²) in [5.74, 6) is -0.500. The highest BCUT2D eigenvalue weighted by molar-refractivity contribution is 5.85. The zero-order chi connectivity index (χ0) is 20.5. The minimum atomic E-state index is -0.400. The van der Waals surface area contributed by atoms with E-state index in [0.717, 1.165) is 12.8 Å². The minimum absolute atomic E-state index is 0.00437. The zero-order valence-electron chi connectivity index (χ0n) is 17.7. The van der Waals surface area contributed by atoms with Gasteiger partial charge in [0.2, 0.25) is 0 Å². The summed E-state index contributed by atoms with van der Waals surface area (Å²) in [6.45, 7) is 6.75. The fourth-order valence-corrected chi connectivity index (χ4v) is 3.12. The van der Waals surface area contributed by atoms with Crippen molar-refractivity contribution < 1.29 is 14.3 Å². The monoisotopic (exact) mass is 383 g/mol. The summed E-state index contributed by atoms with van der Waals surface area (Å²) in [5, 5.41) is 0. The van der Waals surface area contributed by atoms with Gasteiger partial charge in [-0.2, -0.15) is 0 Å². The molecule has 0 radical (unpaired) electrons. The SMILES string of the molecule is CCCCCCCCCC(C)C(=O)CC(CCCN=C(N)N)C(=O)OCC. The van der Waals surface area contributed by atoms with Gasteiger partial charge < -0.3 is 16.2 Å². The number of rotatable bonds is 17. The summed E-state index contributed by atoms with van der Waals surface area (Å²) in [5.41, 5.74) is 10.6. The molecule has 0 aliphatic rings. The van der Waals surface area contributed by atoms with E-state index in [1.165, 1.54) is 38.5 Å². The standard InChI is InChI=1S/C21H41N3O3/c1-4-6-7-8-9-10-11-13-17(3)19(25)16-18(20(26)27-5-2)14-12-15-24-21(22)23/h17-18H,4-16H2,1-3H3,(H4,22,23,24). The van der Waals surface area contributed by atoms with Crippen molar-refractivity contribution in [2.45, 2.75) is 91.4 Å². The largest absolute Gasteiger partial charge is 0.466 e. The Balaban J connectivity index is 4.26. The maximum atomic E-state index is 12.5. The van der Waals surface area contributed by atoms with Gasteiger partial charge in [-0.1, -0.05) is 58.8 Å². The highest BCUT2D eigenvalue weighted by Gasteiger charge is 2.25. The van der Waals surface area contributed by atoms with Crippen LogP contribution in [-0.2, 0) is 14.3 Å². The molecular weight excluding hydrogens is 342 g/mol. The Kier molecular flexibility index (Phi) is 15.6. The Bertz CT molecular complexity index is 434. The lowest BCUT2D eigenvalue weighted by Gasteiger charge is -2.17.